The highest BCUT2D eigenvalue weighted by Crippen LogP contribution is 2.09. The summed E-state index contributed by atoms with van der Waals surface area (Å²) in [7, 11) is 0. The predicted octanol–water partition coefficient (Wildman–Crippen LogP) is 0.429. The highest BCUT2D eigenvalue weighted by molar-refractivity contribution is 5.93. The number of nitrogens with two attached hydrogens (primary N) is 1. The number of aliphatic carboxylic acids is 1. The summed E-state index contributed by atoms with van der Waals surface area (Å²) in [6.07, 6.45) is 0.649. The quantitative estimate of drug-likeness (QED) is 0.322. The summed E-state index contributed by atoms with van der Waals surface area (Å²) in [4.78, 5) is 48.5. The molecule has 9 nitrogen and oxygen atoms in total. The molecular weight excluding hydrogens is 400 g/mol. The fourth-order valence-corrected chi connectivity index (χ4v) is 3.01. The maximum absolute atomic E-state index is 12.9. The van der Waals surface area contributed by atoms with E-state index in [1.54, 1.807) is 13.8 Å². The molecule has 3 amide bonds. The van der Waals surface area contributed by atoms with Gasteiger partial charge in [0.05, 0.1) is 6.04 Å². The summed E-state index contributed by atoms with van der Waals surface area (Å²) in [6.45, 7) is 6.77. The lowest BCUT2D eigenvalue weighted by molar-refractivity contribution is -0.138. The minimum absolute atomic E-state index is 0.0762. The summed E-state index contributed by atoms with van der Waals surface area (Å²) in [5, 5.41) is 16.4. The van der Waals surface area contributed by atoms with Gasteiger partial charge in [0, 0.05) is 0 Å². The maximum atomic E-state index is 12.9. The average molecular weight is 435 g/mol. The van der Waals surface area contributed by atoms with Crippen molar-refractivity contribution in [2.45, 2.75) is 58.7 Å². The Hall–Kier alpha value is -2.94. The molecule has 0 saturated carbocycles. The van der Waals surface area contributed by atoms with Crippen LogP contribution in [-0.2, 0) is 25.6 Å². The molecule has 0 aliphatic carbocycles. The van der Waals surface area contributed by atoms with Gasteiger partial charge in [-0.1, -0.05) is 58.0 Å². The molecule has 0 spiro atoms. The molecule has 1 rings (SSSR count). The zero-order chi connectivity index (χ0) is 23.6. The molecule has 0 aliphatic heterocycles. The van der Waals surface area contributed by atoms with Crippen LogP contribution in [0, 0.1) is 11.8 Å². The first-order chi connectivity index (χ1) is 14.5. The third-order valence-electron chi connectivity index (χ3n) is 4.64. The minimum atomic E-state index is -1.18. The van der Waals surface area contributed by atoms with E-state index in [0.29, 0.717) is 12.8 Å². The van der Waals surface area contributed by atoms with Crippen LogP contribution >= 0.6 is 0 Å². The van der Waals surface area contributed by atoms with Crippen LogP contribution in [0.3, 0.4) is 0 Å². The van der Waals surface area contributed by atoms with E-state index in [1.807, 2.05) is 44.2 Å². The summed E-state index contributed by atoms with van der Waals surface area (Å²) in [5.41, 5.74) is 6.92. The van der Waals surface area contributed by atoms with Crippen molar-refractivity contribution in [2.75, 3.05) is 6.54 Å². The minimum Gasteiger partial charge on any atom is -0.480 e. The molecule has 3 unspecified atom stereocenters. The lowest BCUT2D eigenvalue weighted by Crippen LogP contribution is -2.58. The number of carbonyl (C=O) groups excluding carboxylic acids is 3. The van der Waals surface area contributed by atoms with Gasteiger partial charge in [0.1, 0.15) is 18.6 Å². The fourth-order valence-electron chi connectivity index (χ4n) is 3.01. The third kappa shape index (κ3) is 9.61. The number of carboxylic acids is 1. The number of rotatable bonds is 12. The van der Waals surface area contributed by atoms with E-state index in [9.17, 15) is 19.2 Å². The van der Waals surface area contributed by atoms with E-state index in [0.717, 1.165) is 5.56 Å². The highest BCUT2D eigenvalue weighted by Gasteiger charge is 2.30. The number of hydrogen-bond donors (Lipinski definition) is 5. The molecule has 0 radical (unpaired) electrons. The van der Waals surface area contributed by atoms with Crippen LogP contribution in [0.15, 0.2) is 30.3 Å². The van der Waals surface area contributed by atoms with E-state index < -0.39 is 48.4 Å². The molecule has 31 heavy (non-hydrogen) atoms. The normalized spacial score (nSPS) is 13.9. The number of carbonyl (C=O) groups is 4. The Morgan fingerprint density at radius 2 is 1.55 bits per heavy atom. The largest absolute Gasteiger partial charge is 0.480 e. The second-order valence-electron chi connectivity index (χ2n) is 8.33. The molecule has 0 bridgehead atoms. The average Bonchev–Trinajstić information content (AvgIpc) is 2.69. The molecule has 172 valence electrons. The van der Waals surface area contributed by atoms with Gasteiger partial charge in [-0.05, 0) is 30.2 Å². The van der Waals surface area contributed by atoms with Crippen LogP contribution in [0.2, 0.25) is 0 Å². The molecule has 1 aromatic carbocycles. The second-order valence-corrected chi connectivity index (χ2v) is 8.33. The zero-order valence-electron chi connectivity index (χ0n) is 18.6. The first-order valence-corrected chi connectivity index (χ1v) is 10.4. The monoisotopic (exact) mass is 434 g/mol. The van der Waals surface area contributed by atoms with Gasteiger partial charge in [0.15, 0.2) is 0 Å². The number of hydrogen-bond acceptors (Lipinski definition) is 5. The molecular formula is C22H34N4O5. The molecule has 0 saturated heterocycles. The maximum Gasteiger partial charge on any atom is 0.322 e. The Labute approximate surface area is 183 Å². The molecule has 1 aromatic rings. The van der Waals surface area contributed by atoms with Crippen LogP contribution in [0.5, 0.6) is 0 Å². The lowest BCUT2D eigenvalue weighted by atomic mass is 9.99. The predicted molar refractivity (Wildman–Crippen MR) is 117 cm³/mol. The van der Waals surface area contributed by atoms with Gasteiger partial charge in [-0.3, -0.25) is 19.2 Å². The van der Waals surface area contributed by atoms with Gasteiger partial charge in [-0.2, -0.15) is 0 Å². The van der Waals surface area contributed by atoms with Crippen molar-refractivity contribution in [2.24, 2.45) is 17.6 Å². The van der Waals surface area contributed by atoms with Gasteiger partial charge < -0.3 is 26.8 Å². The van der Waals surface area contributed by atoms with Crippen LogP contribution in [-0.4, -0.2) is 53.5 Å². The van der Waals surface area contributed by atoms with E-state index in [-0.39, 0.29) is 11.8 Å². The number of benzene rings is 1. The lowest BCUT2D eigenvalue weighted by Gasteiger charge is -2.27. The molecule has 0 aromatic heterocycles. The highest BCUT2D eigenvalue weighted by atomic mass is 16.4. The van der Waals surface area contributed by atoms with Crippen molar-refractivity contribution < 1.29 is 24.3 Å². The van der Waals surface area contributed by atoms with E-state index in [1.165, 1.54) is 0 Å². The van der Waals surface area contributed by atoms with Crippen molar-refractivity contribution in [3.8, 4) is 0 Å². The van der Waals surface area contributed by atoms with Crippen LogP contribution < -0.4 is 21.7 Å². The second kappa shape index (κ2) is 12.7. The van der Waals surface area contributed by atoms with Gasteiger partial charge in [0.25, 0.3) is 0 Å². The summed E-state index contributed by atoms with van der Waals surface area (Å²) >= 11 is 0. The van der Waals surface area contributed by atoms with Crippen molar-refractivity contribution in [1.82, 2.24) is 16.0 Å². The Kier molecular flexibility index (Phi) is 10.7. The summed E-state index contributed by atoms with van der Waals surface area (Å²) < 4.78 is 0. The van der Waals surface area contributed by atoms with Crippen molar-refractivity contribution in [1.29, 1.82) is 0 Å². The summed E-state index contributed by atoms with van der Waals surface area (Å²) in [5.74, 6) is -2.93. The first kappa shape index (κ1) is 26.1. The SMILES string of the molecule is CC(C)CC(NC(=O)C(NC(=O)C(N)Cc1ccccc1)C(C)C)C(=O)NCC(=O)O. The van der Waals surface area contributed by atoms with Crippen LogP contribution in [0.4, 0.5) is 0 Å². The molecule has 0 heterocycles. The topological polar surface area (TPSA) is 151 Å². The Balaban J connectivity index is 2.81. The third-order valence-corrected chi connectivity index (χ3v) is 4.64. The standard InChI is InChI=1S/C22H34N4O5/c1-13(2)10-17(21(30)24-12-18(27)28)25-22(31)19(14(3)4)26-20(29)16(23)11-15-8-6-5-7-9-15/h5-9,13-14,16-17,19H,10-12,23H2,1-4H3,(H,24,30)(H,25,31)(H,26,29)(H,27,28). The molecule has 9 heteroatoms. The van der Waals surface area contributed by atoms with Crippen LogP contribution in [0.1, 0.15) is 39.7 Å². The van der Waals surface area contributed by atoms with Gasteiger partial charge in [-0.25, -0.2) is 0 Å². The Bertz CT molecular complexity index is 752. The van der Waals surface area contributed by atoms with Gasteiger partial charge >= 0.3 is 5.97 Å². The Morgan fingerprint density at radius 1 is 0.935 bits per heavy atom. The van der Waals surface area contributed by atoms with Gasteiger partial charge in [-0.15, -0.1) is 0 Å². The van der Waals surface area contributed by atoms with E-state index in [2.05, 4.69) is 16.0 Å². The molecule has 3 atom stereocenters. The van der Waals surface area contributed by atoms with Crippen molar-refractivity contribution >= 4 is 23.7 Å². The number of amides is 3. The molecule has 0 fully saturated rings. The Morgan fingerprint density at radius 3 is 2.06 bits per heavy atom. The molecule has 0 aliphatic rings. The van der Waals surface area contributed by atoms with E-state index in [4.69, 9.17) is 10.8 Å². The summed E-state index contributed by atoms with van der Waals surface area (Å²) in [6, 6.07) is 6.68. The molecule has 6 N–H and O–H groups in total. The zero-order valence-corrected chi connectivity index (χ0v) is 18.6. The first-order valence-electron chi connectivity index (χ1n) is 10.4. The number of carboxylic acid groups (broad SMARTS) is 1. The smallest absolute Gasteiger partial charge is 0.322 e. The van der Waals surface area contributed by atoms with Crippen molar-refractivity contribution in [3.05, 3.63) is 35.9 Å². The fraction of sp³-hybridized carbons (Fsp3) is 0.545. The number of nitrogens with one attached hydrogen (secondary N) is 3. The van der Waals surface area contributed by atoms with Gasteiger partial charge in [0.2, 0.25) is 17.7 Å². The van der Waals surface area contributed by atoms with Crippen molar-refractivity contribution in [3.63, 3.8) is 0 Å². The van der Waals surface area contributed by atoms with E-state index >= 15 is 0 Å². The van der Waals surface area contributed by atoms with Crippen LogP contribution in [0.25, 0.3) is 0 Å².